The Hall–Kier alpha value is -2.06. The quantitative estimate of drug-likeness (QED) is 0.482. The molecule has 0 fully saturated rings. The second kappa shape index (κ2) is 9.93. The number of carbonyl (C=O) groups excluding carboxylic acids is 1. The summed E-state index contributed by atoms with van der Waals surface area (Å²) in [5.41, 5.74) is 2.04. The second-order valence-electron chi connectivity index (χ2n) is 6.80. The smallest absolute Gasteiger partial charge is 0.348 e. The van der Waals surface area contributed by atoms with Crippen LogP contribution < -0.4 is 11.0 Å². The minimum Gasteiger partial charge on any atom is -0.467 e. The summed E-state index contributed by atoms with van der Waals surface area (Å²) in [6.45, 7) is 8.10. The lowest BCUT2D eigenvalue weighted by Crippen LogP contribution is -2.34. The molecular weight excluding hydrogens is 376 g/mol. The zero-order valence-corrected chi connectivity index (χ0v) is 17.4. The Morgan fingerprint density at radius 1 is 1.36 bits per heavy atom. The first kappa shape index (κ1) is 20.7. The summed E-state index contributed by atoms with van der Waals surface area (Å²) in [5, 5.41) is 3.54. The number of nitrogens with one attached hydrogen (secondary N) is 1. The summed E-state index contributed by atoms with van der Waals surface area (Å²) in [4.78, 5) is 31.4. The van der Waals surface area contributed by atoms with Crippen LogP contribution in [0.2, 0.25) is 0 Å². The minimum absolute atomic E-state index is 0.0966. The van der Waals surface area contributed by atoms with Crippen LogP contribution in [0.5, 0.6) is 0 Å². The van der Waals surface area contributed by atoms with E-state index in [2.05, 4.69) is 29.0 Å². The predicted octanol–water partition coefficient (Wildman–Crippen LogP) is 2.08. The van der Waals surface area contributed by atoms with E-state index in [0.717, 1.165) is 50.2 Å². The van der Waals surface area contributed by atoms with Crippen LogP contribution in [0.1, 0.15) is 37.3 Å². The number of hydrogen-bond acceptors (Lipinski definition) is 6. The number of thioether (sulfide) groups is 1. The molecule has 2 aromatic rings. The molecule has 3 rings (SSSR count). The van der Waals surface area contributed by atoms with Gasteiger partial charge in [0.25, 0.3) is 0 Å². The minimum atomic E-state index is -0.203. The van der Waals surface area contributed by atoms with Crippen LogP contribution in [-0.2, 0) is 30.7 Å². The van der Waals surface area contributed by atoms with Gasteiger partial charge in [0.15, 0.2) is 0 Å². The van der Waals surface area contributed by atoms with Gasteiger partial charge in [-0.2, -0.15) is 4.98 Å². The summed E-state index contributed by atoms with van der Waals surface area (Å²) >= 11 is 1.35. The van der Waals surface area contributed by atoms with Crippen molar-refractivity contribution in [2.75, 3.05) is 25.4 Å². The second-order valence-corrected chi connectivity index (χ2v) is 7.77. The third-order valence-corrected chi connectivity index (χ3v) is 6.13. The van der Waals surface area contributed by atoms with Crippen molar-refractivity contribution >= 4 is 17.7 Å². The molecule has 0 radical (unpaired) electrons. The molecule has 2 heterocycles. The molecule has 0 aliphatic heterocycles. The Bertz CT molecular complexity index is 844. The number of amides is 1. The van der Waals surface area contributed by atoms with Crippen LogP contribution in [0.15, 0.2) is 32.6 Å². The molecule has 7 nitrogen and oxygen atoms in total. The first-order chi connectivity index (χ1) is 13.6. The van der Waals surface area contributed by atoms with Crippen molar-refractivity contribution in [3.05, 3.63) is 45.9 Å². The zero-order chi connectivity index (χ0) is 19.9. The maximum atomic E-state index is 12.6. The van der Waals surface area contributed by atoms with Gasteiger partial charge in [0.05, 0.1) is 18.6 Å². The number of hydrogen-bond donors (Lipinski definition) is 1. The molecule has 0 atom stereocenters. The lowest BCUT2D eigenvalue weighted by molar-refractivity contribution is -0.118. The summed E-state index contributed by atoms with van der Waals surface area (Å²) in [5.74, 6) is 0.858. The summed E-state index contributed by atoms with van der Waals surface area (Å²) in [7, 11) is 0. The molecule has 0 spiro atoms. The van der Waals surface area contributed by atoms with Gasteiger partial charge in [0.1, 0.15) is 10.8 Å². The molecule has 8 heteroatoms. The summed E-state index contributed by atoms with van der Waals surface area (Å²) in [6, 6.07) is 3.61. The molecule has 0 bridgehead atoms. The van der Waals surface area contributed by atoms with Gasteiger partial charge in [-0.1, -0.05) is 25.6 Å². The van der Waals surface area contributed by atoms with E-state index in [1.807, 2.05) is 10.6 Å². The fourth-order valence-electron chi connectivity index (χ4n) is 3.50. The lowest BCUT2D eigenvalue weighted by Gasteiger charge is -2.20. The highest BCUT2D eigenvalue weighted by Crippen LogP contribution is 2.29. The highest BCUT2D eigenvalue weighted by atomic mass is 32.2. The number of nitrogens with zero attached hydrogens (tertiary/aromatic N) is 3. The maximum Gasteiger partial charge on any atom is 0.348 e. The van der Waals surface area contributed by atoms with Crippen molar-refractivity contribution in [3.8, 4) is 0 Å². The van der Waals surface area contributed by atoms with E-state index in [9.17, 15) is 9.59 Å². The average molecular weight is 405 g/mol. The molecule has 152 valence electrons. The average Bonchev–Trinajstić information content (AvgIpc) is 3.38. The predicted molar refractivity (Wildman–Crippen MR) is 110 cm³/mol. The third kappa shape index (κ3) is 5.05. The lowest BCUT2D eigenvalue weighted by atomic mass is 10.2. The highest BCUT2D eigenvalue weighted by molar-refractivity contribution is 7.99. The highest BCUT2D eigenvalue weighted by Gasteiger charge is 2.22. The fraction of sp³-hybridized carbons (Fsp3) is 0.550. The standard InChI is InChI=1S/C20H28N4O3S/c1-3-23(4-2)10-11-24-17-9-5-8-16(17)19(22-20(24)26)28-14-18(25)21-13-15-7-6-12-27-15/h6-7,12H,3-5,8-11,13-14H2,1-2H3,(H,21,25). The number of likely N-dealkylation sites (N-methyl/N-ethyl adjacent to an activating group) is 1. The van der Waals surface area contributed by atoms with Gasteiger partial charge in [0, 0.05) is 24.3 Å². The summed E-state index contributed by atoms with van der Waals surface area (Å²) in [6.07, 6.45) is 4.44. The van der Waals surface area contributed by atoms with Gasteiger partial charge in [-0.3, -0.25) is 9.36 Å². The first-order valence-corrected chi connectivity index (χ1v) is 10.9. The molecule has 1 N–H and O–H groups in total. The molecule has 28 heavy (non-hydrogen) atoms. The molecule has 1 aliphatic rings. The van der Waals surface area contributed by atoms with Gasteiger partial charge in [0.2, 0.25) is 5.91 Å². The molecular formula is C20H28N4O3S. The molecule has 0 unspecified atom stereocenters. The maximum absolute atomic E-state index is 12.6. The van der Waals surface area contributed by atoms with Crippen molar-refractivity contribution < 1.29 is 9.21 Å². The molecule has 0 saturated heterocycles. The zero-order valence-electron chi connectivity index (χ0n) is 16.6. The first-order valence-electron chi connectivity index (χ1n) is 9.89. The van der Waals surface area contributed by atoms with Gasteiger partial charge in [-0.05, 0) is 44.5 Å². The number of rotatable bonds is 10. The van der Waals surface area contributed by atoms with Gasteiger partial charge in [-0.15, -0.1) is 0 Å². The van der Waals surface area contributed by atoms with E-state index in [1.54, 1.807) is 12.3 Å². The SMILES string of the molecule is CCN(CC)CCn1c2c(c(SCC(=O)NCc3ccco3)nc1=O)CCC2. The Balaban J connectivity index is 1.64. The van der Waals surface area contributed by atoms with E-state index >= 15 is 0 Å². The van der Waals surface area contributed by atoms with Gasteiger partial charge in [-0.25, -0.2) is 4.79 Å². The van der Waals surface area contributed by atoms with E-state index in [4.69, 9.17) is 4.42 Å². The molecule has 0 aromatic carbocycles. The Morgan fingerprint density at radius 2 is 2.18 bits per heavy atom. The third-order valence-electron chi connectivity index (χ3n) is 5.11. The number of aromatic nitrogens is 2. The normalized spacial score (nSPS) is 13.1. The van der Waals surface area contributed by atoms with Crippen molar-refractivity contribution in [2.45, 2.75) is 51.2 Å². The van der Waals surface area contributed by atoms with E-state index in [0.29, 0.717) is 23.9 Å². The van der Waals surface area contributed by atoms with Gasteiger partial charge < -0.3 is 14.6 Å². The number of fused-ring (bicyclic) bond motifs is 1. The monoisotopic (exact) mass is 404 g/mol. The van der Waals surface area contributed by atoms with Crippen LogP contribution in [0.25, 0.3) is 0 Å². The number of carbonyl (C=O) groups is 1. The van der Waals surface area contributed by atoms with Crippen LogP contribution >= 0.6 is 11.8 Å². The van der Waals surface area contributed by atoms with Crippen LogP contribution in [0.3, 0.4) is 0 Å². The van der Waals surface area contributed by atoms with E-state index < -0.39 is 0 Å². The Kier molecular flexibility index (Phi) is 7.33. The van der Waals surface area contributed by atoms with Crippen LogP contribution in [0, 0.1) is 0 Å². The Labute approximate surface area is 169 Å². The van der Waals surface area contributed by atoms with Crippen molar-refractivity contribution in [1.82, 2.24) is 19.8 Å². The fourth-order valence-corrected chi connectivity index (χ4v) is 4.41. The largest absolute Gasteiger partial charge is 0.467 e. The molecule has 1 aliphatic carbocycles. The van der Waals surface area contributed by atoms with E-state index in [1.165, 1.54) is 11.8 Å². The molecule has 2 aromatic heterocycles. The van der Waals surface area contributed by atoms with Crippen molar-refractivity contribution in [3.63, 3.8) is 0 Å². The van der Waals surface area contributed by atoms with E-state index in [-0.39, 0.29) is 17.3 Å². The van der Waals surface area contributed by atoms with Gasteiger partial charge >= 0.3 is 5.69 Å². The number of furan rings is 1. The summed E-state index contributed by atoms with van der Waals surface area (Å²) < 4.78 is 7.05. The van der Waals surface area contributed by atoms with Crippen molar-refractivity contribution in [2.24, 2.45) is 0 Å². The van der Waals surface area contributed by atoms with Crippen LogP contribution in [-0.4, -0.2) is 45.7 Å². The molecule has 1 amide bonds. The van der Waals surface area contributed by atoms with Crippen molar-refractivity contribution in [1.29, 1.82) is 0 Å². The van der Waals surface area contributed by atoms with Crippen LogP contribution in [0.4, 0.5) is 0 Å². The topological polar surface area (TPSA) is 80.4 Å². The molecule has 0 saturated carbocycles. The Morgan fingerprint density at radius 3 is 2.89 bits per heavy atom.